The Hall–Kier alpha value is -1.66. The van der Waals surface area contributed by atoms with Crippen LogP contribution in [-0.2, 0) is 6.42 Å². The Bertz CT molecular complexity index is 883. The molecule has 5 heteroatoms. The lowest BCUT2D eigenvalue weighted by molar-refractivity contribution is -0.0456. The van der Waals surface area contributed by atoms with Gasteiger partial charge in [0.1, 0.15) is 5.75 Å². The molecular weight excluding hydrogens is 450 g/mol. The molecule has 1 saturated heterocycles. The third-order valence-corrected chi connectivity index (χ3v) is 14.4. The molecule has 1 aliphatic rings. The summed E-state index contributed by atoms with van der Waals surface area (Å²) < 4.78 is 6.79. The van der Waals surface area contributed by atoms with Gasteiger partial charge in [-0.2, -0.15) is 0 Å². The minimum Gasteiger partial charge on any atom is -0.543 e. The molecule has 0 amide bonds. The van der Waals surface area contributed by atoms with Crippen LogP contribution >= 0.6 is 0 Å². The predicted octanol–water partition coefficient (Wildman–Crippen LogP) is 6.73. The number of aliphatic hydroxyl groups excluding tert-OH is 1. The highest BCUT2D eigenvalue weighted by Crippen LogP contribution is 2.43. The highest BCUT2D eigenvalue weighted by atomic mass is 28.4. The fourth-order valence-electron chi connectivity index (χ4n) is 6.27. The quantitative estimate of drug-likeness (QED) is 0.357. The molecule has 2 aromatic carbocycles. The number of benzene rings is 2. The lowest BCUT2D eigenvalue weighted by Gasteiger charge is -2.42. The zero-order chi connectivity index (χ0) is 25.8. The Morgan fingerprint density at radius 2 is 1.34 bits per heavy atom. The molecule has 2 atom stereocenters. The number of nitrogens with zero attached hydrogens (tertiary/aromatic N) is 1. The van der Waals surface area contributed by atoms with E-state index in [0.717, 1.165) is 37.2 Å². The molecule has 194 valence electrons. The Balaban J connectivity index is 1.62. The van der Waals surface area contributed by atoms with Crippen molar-refractivity contribution in [1.29, 1.82) is 0 Å². The molecule has 0 saturated carbocycles. The first-order valence-electron chi connectivity index (χ1n) is 13.5. The SMILES string of the molecule is CC(C(O)c1ccc(O[Si](C(C)C)(C(C)C)C(C)C)cc1)N1CCC(O)(Cc2ccccc2)CC1. The van der Waals surface area contributed by atoms with E-state index in [1.165, 1.54) is 5.56 Å². The van der Waals surface area contributed by atoms with Crippen LogP contribution in [0.3, 0.4) is 0 Å². The molecule has 3 rings (SSSR count). The summed E-state index contributed by atoms with van der Waals surface area (Å²) in [5.74, 6) is 0.917. The van der Waals surface area contributed by atoms with Crippen molar-refractivity contribution in [2.45, 2.75) is 102 Å². The predicted molar refractivity (Wildman–Crippen MR) is 148 cm³/mol. The van der Waals surface area contributed by atoms with Crippen molar-refractivity contribution in [3.05, 3.63) is 65.7 Å². The fourth-order valence-corrected chi connectivity index (χ4v) is 11.5. The van der Waals surface area contributed by atoms with Crippen molar-refractivity contribution >= 4 is 8.32 Å². The first-order chi connectivity index (χ1) is 16.5. The molecule has 0 aliphatic carbocycles. The van der Waals surface area contributed by atoms with E-state index < -0.39 is 20.0 Å². The van der Waals surface area contributed by atoms with Crippen LogP contribution in [0.25, 0.3) is 0 Å². The molecule has 2 unspecified atom stereocenters. The van der Waals surface area contributed by atoms with Crippen LogP contribution < -0.4 is 4.43 Å². The normalized spacial score (nSPS) is 18.7. The molecule has 0 aromatic heterocycles. The van der Waals surface area contributed by atoms with Gasteiger partial charge in [0, 0.05) is 25.6 Å². The molecule has 35 heavy (non-hydrogen) atoms. The third-order valence-electron chi connectivity index (χ3n) is 8.36. The van der Waals surface area contributed by atoms with Crippen LogP contribution in [0.15, 0.2) is 54.6 Å². The zero-order valence-corrected chi connectivity index (χ0v) is 23.9. The van der Waals surface area contributed by atoms with Crippen LogP contribution in [0.2, 0.25) is 16.6 Å². The Morgan fingerprint density at radius 1 is 0.829 bits per heavy atom. The summed E-state index contributed by atoms with van der Waals surface area (Å²) in [6.07, 6.45) is 1.55. The minimum atomic E-state index is -2.00. The number of likely N-dealkylation sites (tertiary alicyclic amines) is 1. The number of hydrogen-bond donors (Lipinski definition) is 2. The van der Waals surface area contributed by atoms with Gasteiger partial charge in [-0.1, -0.05) is 84.0 Å². The standard InChI is InChI=1S/C30H47NO3Si/c1-22(2)35(23(3)4,24(5)6)34-28-15-13-27(14-16-28)29(32)25(7)31-19-17-30(33,18-20-31)21-26-11-9-8-10-12-26/h8-16,22-25,29,32-33H,17-21H2,1-7H3. The smallest absolute Gasteiger partial charge is 0.258 e. The molecule has 2 N–H and O–H groups in total. The van der Waals surface area contributed by atoms with Crippen LogP contribution in [0.5, 0.6) is 5.75 Å². The summed E-state index contributed by atoms with van der Waals surface area (Å²) in [6, 6.07) is 18.3. The number of piperidine rings is 1. The van der Waals surface area contributed by atoms with Gasteiger partial charge in [0.15, 0.2) is 0 Å². The number of hydrogen-bond acceptors (Lipinski definition) is 4. The molecular formula is C30H47NO3Si. The topological polar surface area (TPSA) is 52.9 Å². The lowest BCUT2D eigenvalue weighted by Crippen LogP contribution is -2.50. The van der Waals surface area contributed by atoms with Gasteiger partial charge in [-0.05, 0) is 59.6 Å². The van der Waals surface area contributed by atoms with Crippen molar-refractivity contribution in [1.82, 2.24) is 4.90 Å². The lowest BCUT2D eigenvalue weighted by atomic mass is 9.84. The van der Waals surface area contributed by atoms with Crippen molar-refractivity contribution in [3.8, 4) is 5.75 Å². The minimum absolute atomic E-state index is 0.0153. The molecule has 0 spiro atoms. The number of aliphatic hydroxyl groups is 2. The maximum absolute atomic E-state index is 11.2. The second kappa shape index (κ2) is 11.6. The van der Waals surface area contributed by atoms with Crippen LogP contribution in [0, 0.1) is 0 Å². The van der Waals surface area contributed by atoms with Crippen molar-refractivity contribution in [2.75, 3.05) is 13.1 Å². The molecule has 4 nitrogen and oxygen atoms in total. The van der Waals surface area contributed by atoms with Crippen molar-refractivity contribution in [3.63, 3.8) is 0 Å². The monoisotopic (exact) mass is 497 g/mol. The van der Waals surface area contributed by atoms with Gasteiger partial charge in [0.25, 0.3) is 8.32 Å². The highest BCUT2D eigenvalue weighted by molar-refractivity contribution is 6.78. The van der Waals surface area contributed by atoms with Gasteiger partial charge in [0.2, 0.25) is 0 Å². The first-order valence-corrected chi connectivity index (χ1v) is 15.6. The van der Waals surface area contributed by atoms with E-state index >= 15 is 0 Å². The average Bonchev–Trinajstić information content (AvgIpc) is 2.82. The second-order valence-corrected chi connectivity index (χ2v) is 17.0. The van der Waals surface area contributed by atoms with Crippen molar-refractivity contribution < 1.29 is 14.6 Å². The molecule has 0 radical (unpaired) electrons. The van der Waals surface area contributed by atoms with E-state index in [0.29, 0.717) is 23.0 Å². The van der Waals surface area contributed by atoms with Gasteiger partial charge < -0.3 is 14.6 Å². The molecule has 1 heterocycles. The van der Waals surface area contributed by atoms with E-state index in [9.17, 15) is 10.2 Å². The molecule has 0 bridgehead atoms. The van der Waals surface area contributed by atoms with Gasteiger partial charge in [-0.25, -0.2) is 0 Å². The largest absolute Gasteiger partial charge is 0.543 e. The summed E-state index contributed by atoms with van der Waals surface area (Å²) >= 11 is 0. The number of rotatable bonds is 10. The maximum Gasteiger partial charge on any atom is 0.258 e. The van der Waals surface area contributed by atoms with E-state index in [1.807, 2.05) is 42.5 Å². The van der Waals surface area contributed by atoms with Crippen LogP contribution in [-0.4, -0.2) is 48.2 Å². The van der Waals surface area contributed by atoms with Gasteiger partial charge in [-0.15, -0.1) is 0 Å². The summed E-state index contributed by atoms with van der Waals surface area (Å²) in [4.78, 5) is 2.31. The van der Waals surface area contributed by atoms with Crippen LogP contribution in [0.1, 0.15) is 78.5 Å². The highest BCUT2D eigenvalue weighted by Gasteiger charge is 2.47. The zero-order valence-electron chi connectivity index (χ0n) is 22.9. The van der Waals surface area contributed by atoms with E-state index in [-0.39, 0.29) is 6.04 Å². The van der Waals surface area contributed by atoms with Crippen molar-refractivity contribution in [2.24, 2.45) is 0 Å². The Labute approximate surface area is 214 Å². The van der Waals surface area contributed by atoms with Gasteiger partial charge >= 0.3 is 0 Å². The average molecular weight is 498 g/mol. The van der Waals surface area contributed by atoms with Crippen LogP contribution in [0.4, 0.5) is 0 Å². The van der Waals surface area contributed by atoms with E-state index in [2.05, 4.69) is 65.5 Å². The van der Waals surface area contributed by atoms with E-state index in [1.54, 1.807) is 0 Å². The Morgan fingerprint density at radius 3 is 1.83 bits per heavy atom. The summed E-state index contributed by atoms with van der Waals surface area (Å²) in [7, 11) is -2.00. The molecule has 2 aromatic rings. The second-order valence-electron chi connectivity index (χ2n) is 11.6. The molecule has 1 aliphatic heterocycles. The van der Waals surface area contributed by atoms with Gasteiger partial charge in [-0.3, -0.25) is 4.90 Å². The first kappa shape index (κ1) is 27.9. The summed E-state index contributed by atoms with van der Waals surface area (Å²) in [6.45, 7) is 17.4. The van der Waals surface area contributed by atoms with Gasteiger partial charge in [0.05, 0.1) is 11.7 Å². The third kappa shape index (κ3) is 6.37. The maximum atomic E-state index is 11.2. The van der Waals surface area contributed by atoms with E-state index in [4.69, 9.17) is 4.43 Å². The Kier molecular flexibility index (Phi) is 9.25. The molecule has 1 fully saturated rings. The fraction of sp³-hybridized carbons (Fsp3) is 0.600. The summed E-state index contributed by atoms with van der Waals surface area (Å²) in [5, 5.41) is 22.3. The summed E-state index contributed by atoms with van der Waals surface area (Å²) in [5.41, 5.74) is 2.99.